The van der Waals surface area contributed by atoms with Gasteiger partial charge in [0.2, 0.25) is 0 Å². The van der Waals surface area contributed by atoms with Gasteiger partial charge in [0.15, 0.2) is 0 Å². The lowest BCUT2D eigenvalue weighted by atomic mass is 10.2. The molecule has 1 aromatic heterocycles. The lowest BCUT2D eigenvalue weighted by Gasteiger charge is -2.10. The summed E-state index contributed by atoms with van der Waals surface area (Å²) in [5.41, 5.74) is 5.58. The Hall–Kier alpha value is -0.550. The van der Waals surface area contributed by atoms with Gasteiger partial charge >= 0.3 is 0 Å². The molecule has 0 saturated carbocycles. The van der Waals surface area contributed by atoms with Crippen LogP contribution in [0.5, 0.6) is 0 Å². The normalized spacial score (nSPS) is 13.3. The molecule has 1 rings (SSSR count). The van der Waals surface area contributed by atoms with Gasteiger partial charge in [0.25, 0.3) is 0 Å². The highest BCUT2D eigenvalue weighted by Crippen LogP contribution is 2.14. The Bertz CT molecular complexity index is 298. The van der Waals surface area contributed by atoms with Crippen LogP contribution in [0.4, 0.5) is 0 Å². The van der Waals surface area contributed by atoms with Crippen molar-refractivity contribution in [1.29, 1.82) is 0 Å². The monoisotopic (exact) mass is 242 g/mol. The Morgan fingerprint density at radius 2 is 2.19 bits per heavy atom. The molecule has 0 bridgehead atoms. The molecule has 1 heterocycles. The van der Waals surface area contributed by atoms with E-state index in [1.807, 2.05) is 16.4 Å². The van der Waals surface area contributed by atoms with Gasteiger partial charge in [-0.05, 0) is 24.1 Å². The minimum Gasteiger partial charge on any atom is -0.330 e. The fourth-order valence-corrected chi connectivity index (χ4v) is 2.38. The molecule has 16 heavy (non-hydrogen) atoms. The highest BCUT2D eigenvalue weighted by Gasteiger charge is 2.07. The van der Waals surface area contributed by atoms with Crippen molar-refractivity contribution < 1.29 is 0 Å². The summed E-state index contributed by atoms with van der Waals surface area (Å²) < 4.78 is 2.00. The van der Waals surface area contributed by atoms with E-state index in [2.05, 4.69) is 30.9 Å². The molecule has 1 aromatic rings. The van der Waals surface area contributed by atoms with E-state index < -0.39 is 0 Å². The summed E-state index contributed by atoms with van der Waals surface area (Å²) in [6.07, 6.45) is 1.64. The van der Waals surface area contributed by atoms with Gasteiger partial charge in [-0.15, -0.1) is 0 Å². The van der Waals surface area contributed by atoms with Crippen molar-refractivity contribution in [2.24, 2.45) is 17.6 Å². The quantitative estimate of drug-likeness (QED) is 0.791. The van der Waals surface area contributed by atoms with Gasteiger partial charge in [0, 0.05) is 6.54 Å². The maximum absolute atomic E-state index is 5.58. The fraction of sp³-hybridized carbons (Fsp3) is 0.818. The number of hydrogen-bond acceptors (Lipinski definition) is 4. The van der Waals surface area contributed by atoms with Crippen LogP contribution in [0.25, 0.3) is 0 Å². The lowest BCUT2D eigenvalue weighted by Crippen LogP contribution is -2.13. The third-order valence-electron chi connectivity index (χ3n) is 2.27. The SMILES string of the molecule is CC(C)Cn1ncnc1CSCC(C)CN. The second-order valence-electron chi connectivity index (χ2n) is 4.61. The average Bonchev–Trinajstić information content (AvgIpc) is 2.64. The maximum atomic E-state index is 5.58. The molecule has 0 spiro atoms. The van der Waals surface area contributed by atoms with Gasteiger partial charge < -0.3 is 5.73 Å². The molecule has 0 radical (unpaired) electrons. The van der Waals surface area contributed by atoms with Crippen molar-refractivity contribution in [3.8, 4) is 0 Å². The predicted octanol–water partition coefficient (Wildman–Crippen LogP) is 1.76. The highest BCUT2D eigenvalue weighted by molar-refractivity contribution is 7.98. The predicted molar refractivity (Wildman–Crippen MR) is 69.2 cm³/mol. The minimum atomic E-state index is 0.575. The Labute approximate surface area is 102 Å². The number of thioether (sulfide) groups is 1. The minimum absolute atomic E-state index is 0.575. The van der Waals surface area contributed by atoms with Crippen LogP contribution in [0, 0.1) is 11.8 Å². The molecule has 5 heteroatoms. The molecule has 1 unspecified atom stereocenters. The first kappa shape index (κ1) is 13.5. The van der Waals surface area contributed by atoms with E-state index in [4.69, 9.17) is 5.73 Å². The van der Waals surface area contributed by atoms with E-state index >= 15 is 0 Å². The second-order valence-corrected chi connectivity index (χ2v) is 5.64. The van der Waals surface area contributed by atoms with Crippen molar-refractivity contribution in [3.63, 3.8) is 0 Å². The zero-order chi connectivity index (χ0) is 12.0. The van der Waals surface area contributed by atoms with Crippen LogP contribution in [-0.2, 0) is 12.3 Å². The molecule has 0 amide bonds. The third kappa shape index (κ3) is 4.53. The number of rotatable bonds is 7. The van der Waals surface area contributed by atoms with E-state index in [1.54, 1.807) is 6.33 Å². The molecule has 0 aromatic carbocycles. The first-order valence-electron chi connectivity index (χ1n) is 5.78. The Kier molecular flexibility index (Phi) is 5.84. The lowest BCUT2D eigenvalue weighted by molar-refractivity contribution is 0.471. The third-order valence-corrected chi connectivity index (χ3v) is 3.54. The van der Waals surface area contributed by atoms with Gasteiger partial charge in [0.1, 0.15) is 12.2 Å². The van der Waals surface area contributed by atoms with Gasteiger partial charge in [-0.3, -0.25) is 0 Å². The van der Waals surface area contributed by atoms with Gasteiger partial charge in [-0.2, -0.15) is 16.9 Å². The standard InChI is InChI=1S/C11H22N4S/c1-9(2)5-15-11(13-8-14-15)7-16-6-10(3)4-12/h8-10H,4-7,12H2,1-3H3. The van der Waals surface area contributed by atoms with Crippen molar-refractivity contribution >= 4 is 11.8 Å². The molecule has 4 nitrogen and oxygen atoms in total. The molecule has 0 fully saturated rings. The smallest absolute Gasteiger partial charge is 0.138 e. The topological polar surface area (TPSA) is 56.7 Å². The number of aromatic nitrogens is 3. The number of nitrogens with two attached hydrogens (primary N) is 1. The van der Waals surface area contributed by atoms with E-state index in [1.165, 1.54) is 0 Å². The van der Waals surface area contributed by atoms with Crippen LogP contribution in [-0.4, -0.2) is 27.1 Å². The average molecular weight is 242 g/mol. The summed E-state index contributed by atoms with van der Waals surface area (Å²) in [6, 6.07) is 0. The summed E-state index contributed by atoms with van der Waals surface area (Å²) in [5.74, 6) is 4.27. The van der Waals surface area contributed by atoms with Gasteiger partial charge in [-0.1, -0.05) is 20.8 Å². The first-order chi connectivity index (χ1) is 7.63. The zero-order valence-corrected chi connectivity index (χ0v) is 11.2. The first-order valence-corrected chi connectivity index (χ1v) is 6.93. The maximum Gasteiger partial charge on any atom is 0.138 e. The van der Waals surface area contributed by atoms with E-state index in [0.29, 0.717) is 11.8 Å². The second kappa shape index (κ2) is 6.91. The number of nitrogens with zero attached hydrogens (tertiary/aromatic N) is 3. The zero-order valence-electron chi connectivity index (χ0n) is 10.4. The van der Waals surface area contributed by atoms with Gasteiger partial charge in [0.05, 0.1) is 5.75 Å². The van der Waals surface area contributed by atoms with Gasteiger partial charge in [-0.25, -0.2) is 9.67 Å². The summed E-state index contributed by atoms with van der Waals surface area (Å²) in [6.45, 7) is 8.25. The van der Waals surface area contributed by atoms with E-state index in [0.717, 1.165) is 30.4 Å². The van der Waals surface area contributed by atoms with E-state index in [-0.39, 0.29) is 0 Å². The molecule has 2 N–H and O–H groups in total. The van der Waals surface area contributed by atoms with E-state index in [9.17, 15) is 0 Å². The summed E-state index contributed by atoms with van der Waals surface area (Å²) in [7, 11) is 0. The largest absolute Gasteiger partial charge is 0.330 e. The Morgan fingerprint density at radius 3 is 2.81 bits per heavy atom. The summed E-state index contributed by atoms with van der Waals surface area (Å²) in [4.78, 5) is 4.29. The van der Waals surface area contributed by atoms with Crippen molar-refractivity contribution in [3.05, 3.63) is 12.2 Å². The molecule has 1 atom stereocenters. The van der Waals surface area contributed by atoms with Crippen LogP contribution in [0.3, 0.4) is 0 Å². The molecule has 92 valence electrons. The molecular formula is C11H22N4S. The summed E-state index contributed by atoms with van der Waals surface area (Å²) in [5, 5.41) is 4.24. The molecular weight excluding hydrogens is 220 g/mol. The molecule has 0 aliphatic rings. The molecule has 0 aliphatic heterocycles. The van der Waals surface area contributed by atoms with Crippen molar-refractivity contribution in [1.82, 2.24) is 14.8 Å². The van der Waals surface area contributed by atoms with Crippen LogP contribution >= 0.6 is 11.8 Å². The summed E-state index contributed by atoms with van der Waals surface area (Å²) >= 11 is 1.88. The Morgan fingerprint density at radius 1 is 1.44 bits per heavy atom. The number of hydrogen-bond donors (Lipinski definition) is 1. The highest BCUT2D eigenvalue weighted by atomic mass is 32.2. The van der Waals surface area contributed by atoms with Crippen LogP contribution in [0.1, 0.15) is 26.6 Å². The van der Waals surface area contributed by atoms with Crippen LogP contribution < -0.4 is 5.73 Å². The van der Waals surface area contributed by atoms with Crippen LogP contribution in [0.15, 0.2) is 6.33 Å². The van der Waals surface area contributed by atoms with Crippen molar-refractivity contribution in [2.75, 3.05) is 12.3 Å². The fourth-order valence-electron chi connectivity index (χ4n) is 1.32. The van der Waals surface area contributed by atoms with Crippen molar-refractivity contribution in [2.45, 2.75) is 33.1 Å². The molecule has 0 aliphatic carbocycles. The molecule has 0 saturated heterocycles. The van der Waals surface area contributed by atoms with Crippen LogP contribution in [0.2, 0.25) is 0 Å². The Balaban J connectivity index is 2.38.